The zero-order valence-corrected chi connectivity index (χ0v) is 11.5. The van der Waals surface area contributed by atoms with Crippen LogP contribution in [0.15, 0.2) is 0 Å². The van der Waals surface area contributed by atoms with E-state index in [2.05, 4.69) is 26.5 Å². The van der Waals surface area contributed by atoms with Gasteiger partial charge in [0.05, 0.1) is 4.45 Å². The Balaban J connectivity index is 0. The van der Waals surface area contributed by atoms with E-state index in [0.717, 1.165) is 12.2 Å². The van der Waals surface area contributed by atoms with E-state index in [1.807, 2.05) is 0 Å². The molecule has 0 rings (SSSR count). The Morgan fingerprint density at radius 3 is 2.50 bits per heavy atom. The molecule has 0 fully saturated rings. The number of hydrogen-bond acceptors (Lipinski definition) is 3. The van der Waals surface area contributed by atoms with Crippen LogP contribution < -0.4 is 51.4 Å². The van der Waals surface area contributed by atoms with E-state index in [1.165, 1.54) is 11.8 Å². The molecule has 0 amide bonds. The second kappa shape index (κ2) is 8.97. The van der Waals surface area contributed by atoms with E-state index in [-0.39, 0.29) is 55.8 Å². The van der Waals surface area contributed by atoms with Gasteiger partial charge in [0.25, 0.3) is 0 Å². The maximum atomic E-state index is 10.2. The van der Waals surface area contributed by atoms with Crippen molar-refractivity contribution in [1.82, 2.24) is 0 Å². The molecular weight excluding hydrogens is 191 g/mol. The van der Waals surface area contributed by atoms with Crippen LogP contribution in [0.5, 0.6) is 0 Å². The Bertz CT molecular complexity index is 97.7. The van der Waals surface area contributed by atoms with Crippen molar-refractivity contribution in [3.8, 4) is 0 Å². The molecule has 0 aliphatic carbocycles. The summed E-state index contributed by atoms with van der Waals surface area (Å²) in [5.74, 6) is 1.49. The van der Waals surface area contributed by atoms with Crippen molar-refractivity contribution in [2.75, 3.05) is 5.75 Å². The molecule has 0 saturated heterocycles. The molecule has 4 heteroatoms. The van der Waals surface area contributed by atoms with Gasteiger partial charge >= 0.3 is 51.4 Å². The van der Waals surface area contributed by atoms with Crippen molar-refractivity contribution in [3.05, 3.63) is 0 Å². The molecular formula is C6H11KOS2. The molecule has 10 heavy (non-hydrogen) atoms. The largest absolute Gasteiger partial charge is 1.00 e. The summed E-state index contributed by atoms with van der Waals surface area (Å²) in [7, 11) is 0. The van der Waals surface area contributed by atoms with Crippen LogP contribution in [-0.4, -0.2) is 10.2 Å². The SMILES string of the molecule is CCC(C)CSC(=O)[S-].[K+]. The minimum atomic E-state index is -0.185. The van der Waals surface area contributed by atoms with E-state index >= 15 is 0 Å². The molecule has 1 nitrogen and oxygen atoms in total. The molecule has 0 radical (unpaired) electrons. The van der Waals surface area contributed by atoms with Crippen LogP contribution in [0.2, 0.25) is 0 Å². The average molecular weight is 202 g/mol. The van der Waals surface area contributed by atoms with Gasteiger partial charge in [0, 0.05) is 5.75 Å². The van der Waals surface area contributed by atoms with Gasteiger partial charge in [-0.05, 0) is 5.92 Å². The first-order chi connectivity index (χ1) is 4.16. The fourth-order valence-corrected chi connectivity index (χ4v) is 1.19. The Kier molecular flexibility index (Phi) is 12.9. The number of hydrogen-bond donors (Lipinski definition) is 0. The van der Waals surface area contributed by atoms with Gasteiger partial charge in [0.2, 0.25) is 0 Å². The molecule has 0 heterocycles. The molecule has 0 N–H and O–H groups in total. The van der Waals surface area contributed by atoms with Gasteiger partial charge in [-0.2, -0.15) is 0 Å². The first kappa shape index (κ1) is 14.4. The Hall–Kier alpha value is 1.88. The normalized spacial score (nSPS) is 11.8. The minimum Gasteiger partial charge on any atom is -0.730 e. The fourth-order valence-electron chi connectivity index (χ4n) is 0.328. The monoisotopic (exact) mass is 202 g/mol. The fraction of sp³-hybridized carbons (Fsp3) is 0.833. The van der Waals surface area contributed by atoms with Crippen LogP contribution in [0.3, 0.4) is 0 Å². The van der Waals surface area contributed by atoms with Gasteiger partial charge in [-0.25, -0.2) is 0 Å². The zero-order chi connectivity index (χ0) is 7.28. The molecule has 0 bridgehead atoms. The average Bonchev–Trinajstić information content (AvgIpc) is 1.83. The van der Waals surface area contributed by atoms with Gasteiger partial charge in [-0.15, -0.1) is 11.8 Å². The predicted molar refractivity (Wildman–Crippen MR) is 44.7 cm³/mol. The molecule has 54 valence electrons. The van der Waals surface area contributed by atoms with Crippen LogP contribution in [0.4, 0.5) is 4.79 Å². The molecule has 0 aromatic rings. The Morgan fingerprint density at radius 2 is 2.20 bits per heavy atom. The summed E-state index contributed by atoms with van der Waals surface area (Å²) < 4.78 is -0.185. The number of rotatable bonds is 3. The van der Waals surface area contributed by atoms with Gasteiger partial charge in [-0.3, -0.25) is 0 Å². The quantitative estimate of drug-likeness (QED) is 0.451. The molecule has 1 atom stereocenters. The van der Waals surface area contributed by atoms with Gasteiger partial charge in [0.15, 0.2) is 0 Å². The van der Waals surface area contributed by atoms with E-state index in [4.69, 9.17) is 0 Å². The third-order valence-electron chi connectivity index (χ3n) is 1.18. The van der Waals surface area contributed by atoms with Crippen LogP contribution in [0.25, 0.3) is 0 Å². The van der Waals surface area contributed by atoms with Gasteiger partial charge in [0.1, 0.15) is 0 Å². The topological polar surface area (TPSA) is 17.1 Å². The molecule has 0 spiro atoms. The summed E-state index contributed by atoms with van der Waals surface area (Å²) in [4.78, 5) is 10.2. The Labute approximate surface area is 115 Å². The summed E-state index contributed by atoms with van der Waals surface area (Å²) in [6.45, 7) is 4.23. The summed E-state index contributed by atoms with van der Waals surface area (Å²) in [6, 6.07) is 0. The van der Waals surface area contributed by atoms with E-state index < -0.39 is 0 Å². The summed E-state index contributed by atoms with van der Waals surface area (Å²) in [5, 5.41) is 0. The second-order valence-corrected chi connectivity index (χ2v) is 3.70. The van der Waals surface area contributed by atoms with E-state index in [0.29, 0.717) is 5.92 Å². The maximum Gasteiger partial charge on any atom is 1.00 e. The van der Waals surface area contributed by atoms with Crippen molar-refractivity contribution in [1.29, 1.82) is 0 Å². The number of thioether (sulfide) groups is 1. The second-order valence-electron chi connectivity index (χ2n) is 2.07. The molecule has 0 aliphatic heterocycles. The van der Waals surface area contributed by atoms with Crippen molar-refractivity contribution in [2.24, 2.45) is 5.92 Å². The number of carbonyl (C=O) groups excluding carboxylic acids is 1. The third-order valence-corrected chi connectivity index (χ3v) is 2.51. The summed E-state index contributed by atoms with van der Waals surface area (Å²) >= 11 is 5.61. The van der Waals surface area contributed by atoms with Crippen molar-refractivity contribution in [2.45, 2.75) is 20.3 Å². The molecule has 0 aromatic heterocycles. The molecule has 1 unspecified atom stereocenters. The number of carbonyl (C=O) groups is 1. The van der Waals surface area contributed by atoms with Gasteiger partial charge < -0.3 is 17.4 Å². The van der Waals surface area contributed by atoms with Crippen molar-refractivity contribution < 1.29 is 56.2 Å². The predicted octanol–water partition coefficient (Wildman–Crippen LogP) is -0.563. The molecule has 0 aliphatic rings. The molecule has 0 aromatic carbocycles. The molecule has 0 saturated carbocycles. The van der Waals surface area contributed by atoms with E-state index in [1.54, 1.807) is 0 Å². The summed E-state index contributed by atoms with van der Waals surface area (Å²) in [5.41, 5.74) is 0. The minimum absolute atomic E-state index is 0. The van der Waals surface area contributed by atoms with Crippen LogP contribution in [-0.2, 0) is 12.6 Å². The van der Waals surface area contributed by atoms with E-state index in [9.17, 15) is 4.79 Å². The van der Waals surface area contributed by atoms with Crippen LogP contribution >= 0.6 is 11.8 Å². The smallest absolute Gasteiger partial charge is 0.730 e. The Morgan fingerprint density at radius 1 is 1.70 bits per heavy atom. The standard InChI is InChI=1S/C6H12OS2.K/c1-3-5(2)4-9-6(7)8;/h5H,3-4H2,1-2H3,(H,7,8);/q;+1/p-1. The first-order valence-electron chi connectivity index (χ1n) is 3.00. The van der Waals surface area contributed by atoms with Gasteiger partial charge in [-0.1, -0.05) is 20.3 Å². The zero-order valence-electron chi connectivity index (χ0n) is 6.72. The van der Waals surface area contributed by atoms with Crippen LogP contribution in [0, 0.1) is 5.92 Å². The first-order valence-corrected chi connectivity index (χ1v) is 4.40. The van der Waals surface area contributed by atoms with Crippen molar-refractivity contribution in [3.63, 3.8) is 0 Å². The van der Waals surface area contributed by atoms with Crippen LogP contribution in [0.1, 0.15) is 20.3 Å². The maximum absolute atomic E-state index is 10.2. The van der Waals surface area contributed by atoms with Crippen molar-refractivity contribution >= 4 is 28.8 Å². The summed E-state index contributed by atoms with van der Waals surface area (Å²) in [6.07, 6.45) is 1.12. The third kappa shape index (κ3) is 9.88.